The van der Waals surface area contributed by atoms with Gasteiger partial charge in [0, 0.05) is 5.69 Å². The fraction of sp³-hybridized carbons (Fsp3) is 0.421. The first-order valence-corrected chi connectivity index (χ1v) is 8.62. The maximum atomic E-state index is 12.4. The van der Waals surface area contributed by atoms with E-state index >= 15 is 0 Å². The highest BCUT2D eigenvalue weighted by atomic mass is 16.6. The van der Waals surface area contributed by atoms with Crippen LogP contribution in [0.3, 0.4) is 0 Å². The third-order valence-electron chi connectivity index (χ3n) is 3.86. The SMILES string of the molecule is Cc1[nH]c(C(=O)O[C@H](C)C(=O)NCc2ccco2)c(C)c1C(=O)OC(C)C. The van der Waals surface area contributed by atoms with Crippen molar-refractivity contribution in [2.24, 2.45) is 0 Å². The van der Waals surface area contributed by atoms with E-state index < -0.39 is 23.9 Å². The molecule has 2 aromatic heterocycles. The average Bonchev–Trinajstić information content (AvgIpc) is 3.19. The van der Waals surface area contributed by atoms with Crippen LogP contribution in [0.5, 0.6) is 0 Å². The molecule has 2 aromatic rings. The lowest BCUT2D eigenvalue weighted by Crippen LogP contribution is -2.35. The highest BCUT2D eigenvalue weighted by Crippen LogP contribution is 2.20. The Balaban J connectivity index is 2.02. The number of hydrogen-bond donors (Lipinski definition) is 2. The smallest absolute Gasteiger partial charge is 0.355 e. The minimum Gasteiger partial charge on any atom is -0.467 e. The summed E-state index contributed by atoms with van der Waals surface area (Å²) in [7, 11) is 0. The van der Waals surface area contributed by atoms with Gasteiger partial charge in [0.2, 0.25) is 0 Å². The predicted molar refractivity (Wildman–Crippen MR) is 96.3 cm³/mol. The number of hydrogen-bond acceptors (Lipinski definition) is 6. The Morgan fingerprint density at radius 2 is 1.85 bits per heavy atom. The molecule has 1 amide bonds. The number of amides is 1. The third kappa shape index (κ3) is 4.99. The van der Waals surface area contributed by atoms with E-state index in [0.717, 1.165) is 0 Å². The number of carbonyl (C=O) groups is 3. The van der Waals surface area contributed by atoms with Gasteiger partial charge in [-0.05, 0) is 52.3 Å². The third-order valence-corrected chi connectivity index (χ3v) is 3.86. The summed E-state index contributed by atoms with van der Waals surface area (Å²) in [5.74, 6) is -1.11. The molecule has 27 heavy (non-hydrogen) atoms. The first kappa shape index (κ1) is 20.3. The minimum atomic E-state index is -1.01. The molecule has 0 saturated carbocycles. The molecule has 0 aliphatic carbocycles. The highest BCUT2D eigenvalue weighted by Gasteiger charge is 2.26. The van der Waals surface area contributed by atoms with Gasteiger partial charge in [-0.1, -0.05) is 0 Å². The van der Waals surface area contributed by atoms with Crippen LogP contribution in [0.15, 0.2) is 22.8 Å². The van der Waals surface area contributed by atoms with Crippen LogP contribution < -0.4 is 5.32 Å². The quantitative estimate of drug-likeness (QED) is 0.719. The number of aromatic amines is 1. The maximum Gasteiger partial charge on any atom is 0.355 e. The van der Waals surface area contributed by atoms with E-state index in [2.05, 4.69) is 10.3 Å². The van der Waals surface area contributed by atoms with Crippen LogP contribution in [0.25, 0.3) is 0 Å². The lowest BCUT2D eigenvalue weighted by molar-refractivity contribution is -0.129. The number of furan rings is 1. The zero-order valence-corrected chi connectivity index (χ0v) is 16.0. The van der Waals surface area contributed by atoms with Crippen molar-refractivity contribution in [3.8, 4) is 0 Å². The lowest BCUT2D eigenvalue weighted by atomic mass is 10.1. The molecule has 0 unspecified atom stereocenters. The van der Waals surface area contributed by atoms with Crippen molar-refractivity contribution >= 4 is 17.8 Å². The normalized spacial score (nSPS) is 11.9. The fourth-order valence-corrected chi connectivity index (χ4v) is 2.54. The molecule has 0 spiro atoms. The van der Waals surface area contributed by atoms with Gasteiger partial charge in [-0.2, -0.15) is 0 Å². The summed E-state index contributed by atoms with van der Waals surface area (Å²) in [5, 5.41) is 2.62. The number of ether oxygens (including phenoxy) is 2. The second-order valence-electron chi connectivity index (χ2n) is 6.42. The summed E-state index contributed by atoms with van der Waals surface area (Å²) in [5.41, 5.74) is 1.34. The molecule has 1 atom stereocenters. The number of carbonyl (C=O) groups excluding carboxylic acids is 3. The molecule has 0 aromatic carbocycles. The molecule has 2 N–H and O–H groups in total. The molecule has 8 nitrogen and oxygen atoms in total. The molecule has 8 heteroatoms. The Morgan fingerprint density at radius 3 is 2.44 bits per heavy atom. The van der Waals surface area contributed by atoms with Gasteiger partial charge in [0.1, 0.15) is 11.5 Å². The van der Waals surface area contributed by atoms with Gasteiger partial charge in [0.25, 0.3) is 5.91 Å². The number of rotatable bonds is 7. The Kier molecular flexibility index (Phi) is 6.44. The number of aromatic nitrogens is 1. The van der Waals surface area contributed by atoms with E-state index in [1.807, 2.05) is 0 Å². The van der Waals surface area contributed by atoms with Crippen LogP contribution in [0, 0.1) is 13.8 Å². The molecule has 146 valence electrons. The number of nitrogens with one attached hydrogen (secondary N) is 2. The molecular formula is C19H24N2O6. The van der Waals surface area contributed by atoms with Gasteiger partial charge in [-0.3, -0.25) is 4.79 Å². The summed E-state index contributed by atoms with van der Waals surface area (Å²) in [6, 6.07) is 3.43. The monoisotopic (exact) mass is 376 g/mol. The maximum absolute atomic E-state index is 12.4. The summed E-state index contributed by atoms with van der Waals surface area (Å²) < 4.78 is 15.5. The second kappa shape index (κ2) is 8.57. The van der Waals surface area contributed by atoms with Crippen LogP contribution in [0.1, 0.15) is 58.6 Å². The predicted octanol–water partition coefficient (Wildman–Crippen LogP) is 2.65. The van der Waals surface area contributed by atoms with Gasteiger partial charge in [0.15, 0.2) is 6.10 Å². The largest absolute Gasteiger partial charge is 0.467 e. The second-order valence-corrected chi connectivity index (χ2v) is 6.42. The van der Waals surface area contributed by atoms with Gasteiger partial charge in [-0.15, -0.1) is 0 Å². The molecule has 0 bridgehead atoms. The van der Waals surface area contributed by atoms with Gasteiger partial charge < -0.3 is 24.2 Å². The number of H-pyrrole nitrogens is 1. The van der Waals surface area contributed by atoms with E-state index in [0.29, 0.717) is 22.6 Å². The van der Waals surface area contributed by atoms with Crippen molar-refractivity contribution in [3.63, 3.8) is 0 Å². The van der Waals surface area contributed by atoms with Crippen molar-refractivity contribution in [1.29, 1.82) is 0 Å². The van der Waals surface area contributed by atoms with Gasteiger partial charge in [0.05, 0.1) is 24.5 Å². The Labute approximate surface area is 157 Å². The van der Waals surface area contributed by atoms with E-state index in [1.54, 1.807) is 39.8 Å². The fourth-order valence-electron chi connectivity index (χ4n) is 2.54. The Morgan fingerprint density at radius 1 is 1.15 bits per heavy atom. The number of aryl methyl sites for hydroxylation is 1. The van der Waals surface area contributed by atoms with Crippen molar-refractivity contribution in [3.05, 3.63) is 46.7 Å². The molecule has 0 aliphatic heterocycles. The molecule has 2 heterocycles. The summed E-state index contributed by atoms with van der Waals surface area (Å²) in [6.07, 6.45) is 0.212. The minimum absolute atomic E-state index is 0.119. The van der Waals surface area contributed by atoms with E-state index in [4.69, 9.17) is 13.9 Å². The van der Waals surface area contributed by atoms with Gasteiger partial charge in [-0.25, -0.2) is 9.59 Å². The van der Waals surface area contributed by atoms with E-state index in [-0.39, 0.29) is 18.3 Å². The summed E-state index contributed by atoms with van der Waals surface area (Å²) in [4.78, 5) is 39.5. The molecular weight excluding hydrogens is 352 g/mol. The van der Waals surface area contributed by atoms with Crippen molar-refractivity contribution in [2.75, 3.05) is 0 Å². The summed E-state index contributed by atoms with van der Waals surface area (Å²) >= 11 is 0. The van der Waals surface area contributed by atoms with E-state index in [9.17, 15) is 14.4 Å². The first-order chi connectivity index (χ1) is 12.7. The highest BCUT2D eigenvalue weighted by molar-refractivity contribution is 5.99. The van der Waals surface area contributed by atoms with Crippen molar-refractivity contribution in [1.82, 2.24) is 10.3 Å². The molecule has 0 radical (unpaired) electrons. The average molecular weight is 376 g/mol. The van der Waals surface area contributed by atoms with Gasteiger partial charge >= 0.3 is 11.9 Å². The molecule has 0 saturated heterocycles. The van der Waals surface area contributed by atoms with Crippen molar-refractivity contribution < 1.29 is 28.3 Å². The summed E-state index contributed by atoms with van der Waals surface area (Å²) in [6.45, 7) is 8.44. The van der Waals surface area contributed by atoms with Crippen molar-refractivity contribution in [2.45, 2.75) is 53.4 Å². The zero-order valence-electron chi connectivity index (χ0n) is 16.0. The molecule has 0 fully saturated rings. The molecule has 2 rings (SSSR count). The topological polar surface area (TPSA) is 111 Å². The molecule has 0 aliphatic rings. The Bertz CT molecular complexity index is 820. The Hall–Kier alpha value is -3.03. The van der Waals surface area contributed by atoms with Crippen LogP contribution >= 0.6 is 0 Å². The first-order valence-electron chi connectivity index (χ1n) is 8.62. The van der Waals surface area contributed by atoms with Crippen LogP contribution in [-0.2, 0) is 20.8 Å². The number of esters is 2. The lowest BCUT2D eigenvalue weighted by Gasteiger charge is -2.13. The zero-order chi connectivity index (χ0) is 20.1. The van der Waals surface area contributed by atoms with Crippen LogP contribution in [0.2, 0.25) is 0 Å². The standard InChI is InChI=1S/C19H24N2O6/c1-10(2)26-18(23)15-11(3)16(21-12(15)4)19(24)27-13(5)17(22)20-9-14-7-6-8-25-14/h6-8,10,13,21H,9H2,1-5H3,(H,20,22)/t13-/m1/s1. The van der Waals surface area contributed by atoms with E-state index in [1.165, 1.54) is 13.2 Å². The van der Waals surface area contributed by atoms with Crippen LogP contribution in [-0.4, -0.2) is 35.0 Å². The van der Waals surface area contributed by atoms with Crippen LogP contribution in [0.4, 0.5) is 0 Å².